The Hall–Kier alpha value is -1.24. The number of hydrogen-bond acceptors (Lipinski definition) is 3. The van der Waals surface area contributed by atoms with Crippen LogP contribution in [0.3, 0.4) is 0 Å². The molecular formula is C11H20N2O2. The largest absolute Gasteiger partial charge is 0.444 e. The second-order valence-electron chi connectivity index (χ2n) is 4.68. The van der Waals surface area contributed by atoms with E-state index >= 15 is 0 Å². The Kier molecular flexibility index (Phi) is 5.13. The SMILES string of the molecule is CC(C)N(CCC#N)C(=O)OC(C)(C)C. The van der Waals surface area contributed by atoms with Crippen molar-refractivity contribution in [3.63, 3.8) is 0 Å². The molecule has 0 rings (SSSR count). The van der Waals surface area contributed by atoms with E-state index in [2.05, 4.69) is 0 Å². The molecule has 0 fully saturated rings. The van der Waals surface area contributed by atoms with Gasteiger partial charge >= 0.3 is 6.09 Å². The molecule has 0 spiro atoms. The minimum absolute atomic E-state index is 0.0493. The van der Waals surface area contributed by atoms with E-state index in [1.54, 1.807) is 4.90 Å². The maximum atomic E-state index is 11.7. The topological polar surface area (TPSA) is 53.3 Å². The van der Waals surface area contributed by atoms with Gasteiger partial charge in [-0.1, -0.05) is 0 Å². The molecule has 0 unspecified atom stereocenters. The third kappa shape index (κ3) is 5.95. The van der Waals surface area contributed by atoms with Crippen LogP contribution in [0.2, 0.25) is 0 Å². The summed E-state index contributed by atoms with van der Waals surface area (Å²) >= 11 is 0. The lowest BCUT2D eigenvalue weighted by atomic mass is 10.2. The van der Waals surface area contributed by atoms with Crippen LogP contribution in [0, 0.1) is 11.3 Å². The van der Waals surface area contributed by atoms with Gasteiger partial charge in [-0.25, -0.2) is 4.79 Å². The van der Waals surface area contributed by atoms with Crippen LogP contribution in [0.5, 0.6) is 0 Å². The number of carbonyl (C=O) groups is 1. The van der Waals surface area contributed by atoms with Crippen LogP contribution in [0.4, 0.5) is 4.79 Å². The third-order valence-electron chi connectivity index (χ3n) is 1.72. The fraction of sp³-hybridized carbons (Fsp3) is 0.818. The van der Waals surface area contributed by atoms with E-state index in [9.17, 15) is 4.79 Å². The normalized spacial score (nSPS) is 11.0. The Labute approximate surface area is 91.8 Å². The molecule has 0 aliphatic carbocycles. The van der Waals surface area contributed by atoms with Crippen molar-refractivity contribution >= 4 is 6.09 Å². The summed E-state index contributed by atoms with van der Waals surface area (Å²) in [4.78, 5) is 13.3. The molecule has 0 radical (unpaired) electrons. The first kappa shape index (κ1) is 13.8. The van der Waals surface area contributed by atoms with Gasteiger partial charge in [0.2, 0.25) is 0 Å². The number of amides is 1. The average molecular weight is 212 g/mol. The number of carbonyl (C=O) groups excluding carboxylic acids is 1. The molecule has 4 nitrogen and oxygen atoms in total. The highest BCUT2D eigenvalue weighted by Crippen LogP contribution is 2.12. The van der Waals surface area contributed by atoms with Crippen LogP contribution in [0.25, 0.3) is 0 Å². The Morgan fingerprint density at radius 1 is 1.47 bits per heavy atom. The van der Waals surface area contributed by atoms with Gasteiger partial charge in [-0.05, 0) is 34.6 Å². The zero-order valence-electron chi connectivity index (χ0n) is 10.2. The zero-order valence-corrected chi connectivity index (χ0v) is 10.2. The monoisotopic (exact) mass is 212 g/mol. The van der Waals surface area contributed by atoms with Crippen LogP contribution < -0.4 is 0 Å². The van der Waals surface area contributed by atoms with E-state index in [0.717, 1.165) is 0 Å². The predicted molar refractivity (Wildman–Crippen MR) is 58.3 cm³/mol. The van der Waals surface area contributed by atoms with Crippen LogP contribution in [0.1, 0.15) is 41.0 Å². The van der Waals surface area contributed by atoms with Crippen LogP contribution in [0.15, 0.2) is 0 Å². The highest BCUT2D eigenvalue weighted by atomic mass is 16.6. The number of rotatable bonds is 3. The summed E-state index contributed by atoms with van der Waals surface area (Å²) in [6, 6.07) is 2.07. The lowest BCUT2D eigenvalue weighted by Crippen LogP contribution is -2.41. The van der Waals surface area contributed by atoms with Gasteiger partial charge in [0.1, 0.15) is 5.60 Å². The Bertz CT molecular complexity index is 248. The van der Waals surface area contributed by atoms with Gasteiger partial charge in [0.25, 0.3) is 0 Å². The van der Waals surface area contributed by atoms with Gasteiger partial charge in [-0.2, -0.15) is 5.26 Å². The van der Waals surface area contributed by atoms with E-state index in [0.29, 0.717) is 13.0 Å². The summed E-state index contributed by atoms with van der Waals surface area (Å²) in [7, 11) is 0. The van der Waals surface area contributed by atoms with Crippen molar-refractivity contribution in [3.05, 3.63) is 0 Å². The molecule has 0 aromatic heterocycles. The number of nitriles is 1. The summed E-state index contributed by atoms with van der Waals surface area (Å²) < 4.78 is 5.24. The first-order chi connectivity index (χ1) is 6.78. The molecular weight excluding hydrogens is 192 g/mol. The van der Waals surface area contributed by atoms with Gasteiger partial charge < -0.3 is 9.64 Å². The standard InChI is InChI=1S/C11H20N2O2/c1-9(2)13(8-6-7-12)10(14)15-11(3,4)5/h9H,6,8H2,1-5H3. The molecule has 0 aromatic carbocycles. The molecule has 0 saturated carbocycles. The lowest BCUT2D eigenvalue weighted by Gasteiger charge is -2.29. The number of hydrogen-bond donors (Lipinski definition) is 0. The molecule has 0 N–H and O–H groups in total. The van der Waals surface area contributed by atoms with E-state index in [1.165, 1.54) is 0 Å². The summed E-state index contributed by atoms with van der Waals surface area (Å²) in [5.41, 5.74) is -0.489. The molecule has 0 atom stereocenters. The van der Waals surface area contributed by atoms with Crippen molar-refractivity contribution in [3.8, 4) is 6.07 Å². The molecule has 4 heteroatoms. The van der Waals surface area contributed by atoms with Crippen molar-refractivity contribution in [2.45, 2.75) is 52.7 Å². The molecule has 0 aliphatic rings. The van der Waals surface area contributed by atoms with Gasteiger partial charge in [0.15, 0.2) is 0 Å². The van der Waals surface area contributed by atoms with Crippen molar-refractivity contribution in [1.82, 2.24) is 4.90 Å². The second kappa shape index (κ2) is 5.59. The summed E-state index contributed by atoms with van der Waals surface area (Å²) in [6.45, 7) is 9.71. The molecule has 0 aliphatic heterocycles. The minimum Gasteiger partial charge on any atom is -0.444 e. The van der Waals surface area contributed by atoms with Crippen molar-refractivity contribution in [1.29, 1.82) is 5.26 Å². The second-order valence-corrected chi connectivity index (χ2v) is 4.68. The summed E-state index contributed by atoms with van der Waals surface area (Å²) in [5.74, 6) is 0. The summed E-state index contributed by atoms with van der Waals surface area (Å²) in [6.07, 6.45) is -0.0232. The molecule has 15 heavy (non-hydrogen) atoms. The Balaban J connectivity index is 4.37. The average Bonchev–Trinajstić information content (AvgIpc) is 2.00. The van der Waals surface area contributed by atoms with Gasteiger partial charge in [0.05, 0.1) is 12.5 Å². The number of nitrogens with zero attached hydrogens (tertiary/aromatic N) is 2. The summed E-state index contributed by atoms with van der Waals surface area (Å²) in [5, 5.41) is 8.48. The van der Waals surface area contributed by atoms with Crippen molar-refractivity contribution in [2.75, 3.05) is 6.54 Å². The third-order valence-corrected chi connectivity index (χ3v) is 1.72. The van der Waals surface area contributed by atoms with Crippen LogP contribution in [-0.4, -0.2) is 29.2 Å². The molecule has 1 amide bonds. The van der Waals surface area contributed by atoms with E-state index in [1.807, 2.05) is 40.7 Å². The lowest BCUT2D eigenvalue weighted by molar-refractivity contribution is 0.0196. The first-order valence-corrected chi connectivity index (χ1v) is 5.14. The maximum Gasteiger partial charge on any atom is 0.410 e. The first-order valence-electron chi connectivity index (χ1n) is 5.14. The minimum atomic E-state index is -0.489. The van der Waals surface area contributed by atoms with Gasteiger partial charge in [-0.15, -0.1) is 0 Å². The predicted octanol–water partition coefficient (Wildman–Crippen LogP) is 2.55. The molecule has 0 bridgehead atoms. The fourth-order valence-corrected chi connectivity index (χ4v) is 1.05. The van der Waals surface area contributed by atoms with Crippen molar-refractivity contribution in [2.24, 2.45) is 0 Å². The smallest absolute Gasteiger partial charge is 0.410 e. The highest BCUT2D eigenvalue weighted by molar-refractivity contribution is 5.68. The van der Waals surface area contributed by atoms with E-state index in [4.69, 9.17) is 10.00 Å². The molecule has 0 aromatic rings. The highest BCUT2D eigenvalue weighted by Gasteiger charge is 2.23. The van der Waals surface area contributed by atoms with Crippen LogP contribution >= 0.6 is 0 Å². The van der Waals surface area contributed by atoms with Crippen molar-refractivity contribution < 1.29 is 9.53 Å². The Morgan fingerprint density at radius 3 is 2.33 bits per heavy atom. The zero-order chi connectivity index (χ0) is 12.1. The Morgan fingerprint density at radius 2 is 2.00 bits per heavy atom. The van der Waals surface area contributed by atoms with Gasteiger partial charge in [-0.3, -0.25) is 0 Å². The molecule has 0 heterocycles. The molecule has 0 saturated heterocycles. The quantitative estimate of drug-likeness (QED) is 0.722. The van der Waals surface area contributed by atoms with Gasteiger partial charge in [0, 0.05) is 12.6 Å². The van der Waals surface area contributed by atoms with E-state index < -0.39 is 5.60 Å². The fourth-order valence-electron chi connectivity index (χ4n) is 1.05. The van der Waals surface area contributed by atoms with Crippen LogP contribution in [-0.2, 0) is 4.74 Å². The number of ether oxygens (including phenoxy) is 1. The maximum absolute atomic E-state index is 11.7. The molecule has 86 valence electrons. The van der Waals surface area contributed by atoms with E-state index in [-0.39, 0.29) is 12.1 Å².